The molecule has 1 atom stereocenters. The molecule has 0 aliphatic rings. The third-order valence-corrected chi connectivity index (χ3v) is 3.13. The van der Waals surface area contributed by atoms with E-state index >= 15 is 0 Å². The zero-order valence-corrected chi connectivity index (χ0v) is 11.7. The van der Waals surface area contributed by atoms with Crippen LogP contribution in [0.25, 0.3) is 0 Å². The van der Waals surface area contributed by atoms with Gasteiger partial charge in [0.25, 0.3) is 0 Å². The lowest BCUT2D eigenvalue weighted by atomic mass is 9.62. The molecule has 0 aromatic heterocycles. The number of unbranched alkanes of at least 4 members (excludes halogenated alkanes) is 1. The molecule has 1 unspecified atom stereocenters. The van der Waals surface area contributed by atoms with E-state index in [-0.39, 0.29) is 11.2 Å². The van der Waals surface area contributed by atoms with Crippen molar-refractivity contribution < 1.29 is 10.0 Å². The van der Waals surface area contributed by atoms with Crippen LogP contribution in [0, 0.1) is 11.3 Å². The summed E-state index contributed by atoms with van der Waals surface area (Å²) in [5, 5.41) is 18.8. The summed E-state index contributed by atoms with van der Waals surface area (Å²) in [4.78, 5) is 0. The van der Waals surface area contributed by atoms with Gasteiger partial charge in [0.15, 0.2) is 0 Å². The summed E-state index contributed by atoms with van der Waals surface area (Å²) in [6.45, 7) is 11.0. The van der Waals surface area contributed by atoms with Gasteiger partial charge in [-0.3, -0.25) is 0 Å². The highest BCUT2D eigenvalue weighted by Crippen LogP contribution is 2.37. The summed E-state index contributed by atoms with van der Waals surface area (Å²) in [7, 11) is -1.15. The first-order chi connectivity index (χ1) is 7.28. The first-order valence-electron chi connectivity index (χ1n) is 6.64. The molecular formula is C13H29BO2. The van der Waals surface area contributed by atoms with Gasteiger partial charge in [-0.2, -0.15) is 0 Å². The van der Waals surface area contributed by atoms with E-state index in [9.17, 15) is 10.0 Å². The summed E-state index contributed by atoms with van der Waals surface area (Å²) < 4.78 is 0. The van der Waals surface area contributed by atoms with E-state index in [2.05, 4.69) is 34.6 Å². The van der Waals surface area contributed by atoms with E-state index in [4.69, 9.17) is 0 Å². The Bertz CT molecular complexity index is 179. The van der Waals surface area contributed by atoms with Crippen molar-refractivity contribution in [2.45, 2.75) is 72.5 Å². The van der Waals surface area contributed by atoms with E-state index in [1.165, 1.54) is 0 Å². The Hall–Kier alpha value is -0.0151. The first kappa shape index (κ1) is 16.0. The van der Waals surface area contributed by atoms with Crippen molar-refractivity contribution in [1.82, 2.24) is 0 Å². The second kappa shape index (κ2) is 7.34. The van der Waals surface area contributed by atoms with Crippen LogP contribution in [-0.2, 0) is 0 Å². The van der Waals surface area contributed by atoms with Crippen molar-refractivity contribution >= 4 is 7.12 Å². The molecule has 0 fully saturated rings. The lowest BCUT2D eigenvalue weighted by Gasteiger charge is -2.31. The van der Waals surface area contributed by atoms with Crippen molar-refractivity contribution in [3.8, 4) is 0 Å². The molecule has 0 aliphatic heterocycles. The van der Waals surface area contributed by atoms with Crippen LogP contribution < -0.4 is 0 Å². The van der Waals surface area contributed by atoms with E-state index in [0.29, 0.717) is 5.92 Å². The lowest BCUT2D eigenvalue weighted by Crippen LogP contribution is -2.27. The van der Waals surface area contributed by atoms with Crippen molar-refractivity contribution in [1.29, 1.82) is 0 Å². The molecule has 0 heterocycles. The molecule has 0 aromatic rings. The minimum absolute atomic E-state index is 0.0358. The van der Waals surface area contributed by atoms with Crippen LogP contribution in [0.3, 0.4) is 0 Å². The molecule has 96 valence electrons. The minimum atomic E-state index is -1.15. The molecule has 0 aromatic carbocycles. The highest BCUT2D eigenvalue weighted by molar-refractivity contribution is 6.43. The van der Waals surface area contributed by atoms with Gasteiger partial charge in [-0.15, -0.1) is 0 Å². The van der Waals surface area contributed by atoms with Gasteiger partial charge in [-0.25, -0.2) is 0 Å². The third kappa shape index (κ3) is 7.29. The van der Waals surface area contributed by atoms with Gasteiger partial charge in [0, 0.05) is 0 Å². The summed E-state index contributed by atoms with van der Waals surface area (Å²) >= 11 is 0. The molecule has 2 N–H and O–H groups in total. The largest absolute Gasteiger partial charge is 0.454 e. The zero-order chi connectivity index (χ0) is 12.8. The average molecular weight is 228 g/mol. The summed E-state index contributed by atoms with van der Waals surface area (Å²) in [6.07, 6.45) is 5.18. The van der Waals surface area contributed by atoms with Crippen LogP contribution in [0.5, 0.6) is 0 Å². The van der Waals surface area contributed by atoms with Crippen LogP contribution in [0.1, 0.15) is 66.7 Å². The fourth-order valence-electron chi connectivity index (χ4n) is 2.72. The summed E-state index contributed by atoms with van der Waals surface area (Å²) in [5.41, 5.74) is 0.205. The van der Waals surface area contributed by atoms with Crippen molar-refractivity contribution in [2.75, 3.05) is 0 Å². The predicted octanol–water partition coefficient (Wildman–Crippen LogP) is 3.48. The molecule has 0 radical (unpaired) electrons. The number of rotatable bonds is 8. The van der Waals surface area contributed by atoms with Gasteiger partial charge < -0.3 is 10.0 Å². The maximum Gasteiger partial charge on any atom is 0.454 e. The molecular weight excluding hydrogens is 199 g/mol. The van der Waals surface area contributed by atoms with Gasteiger partial charge in [0.1, 0.15) is 0 Å². The van der Waals surface area contributed by atoms with Gasteiger partial charge >= 0.3 is 7.12 Å². The van der Waals surface area contributed by atoms with Gasteiger partial charge in [-0.05, 0) is 30.0 Å². The van der Waals surface area contributed by atoms with E-state index in [1.54, 1.807) is 0 Å². The normalized spacial score (nSPS) is 14.2. The molecule has 0 spiro atoms. The average Bonchev–Trinajstić information content (AvgIpc) is 2.09. The van der Waals surface area contributed by atoms with Crippen LogP contribution >= 0.6 is 0 Å². The topological polar surface area (TPSA) is 40.5 Å². The van der Waals surface area contributed by atoms with Crippen LogP contribution in [0.4, 0.5) is 0 Å². The van der Waals surface area contributed by atoms with Gasteiger partial charge in [0.2, 0.25) is 0 Å². The summed E-state index contributed by atoms with van der Waals surface area (Å²) in [5.74, 6) is 0.700. The molecule has 0 saturated carbocycles. The van der Waals surface area contributed by atoms with Crippen LogP contribution in [-0.4, -0.2) is 17.2 Å². The quantitative estimate of drug-likeness (QED) is 0.624. The number of hydrogen-bond donors (Lipinski definition) is 2. The second-order valence-corrected chi connectivity index (χ2v) is 6.28. The SMILES string of the molecule is CCCCC(CC(C)(C)CC(C)C)B(O)O. The maximum atomic E-state index is 9.39. The molecule has 16 heavy (non-hydrogen) atoms. The van der Waals surface area contributed by atoms with E-state index < -0.39 is 7.12 Å². The lowest BCUT2D eigenvalue weighted by molar-refractivity contribution is 0.239. The Balaban J connectivity index is 4.25. The molecule has 0 rings (SSSR count). The van der Waals surface area contributed by atoms with Crippen molar-refractivity contribution in [2.24, 2.45) is 11.3 Å². The maximum absolute atomic E-state index is 9.39. The Morgan fingerprint density at radius 2 is 1.69 bits per heavy atom. The van der Waals surface area contributed by atoms with E-state index in [0.717, 1.165) is 32.1 Å². The zero-order valence-electron chi connectivity index (χ0n) is 11.7. The fourth-order valence-corrected chi connectivity index (χ4v) is 2.72. The highest BCUT2D eigenvalue weighted by Gasteiger charge is 2.30. The smallest absolute Gasteiger partial charge is 0.427 e. The van der Waals surface area contributed by atoms with Gasteiger partial charge in [-0.1, -0.05) is 53.9 Å². The van der Waals surface area contributed by atoms with Crippen LogP contribution in [0.2, 0.25) is 5.82 Å². The molecule has 0 amide bonds. The third-order valence-electron chi connectivity index (χ3n) is 3.13. The Kier molecular flexibility index (Phi) is 7.33. The predicted molar refractivity (Wildman–Crippen MR) is 71.3 cm³/mol. The Morgan fingerprint density at radius 3 is 2.06 bits per heavy atom. The Labute approximate surface area is 102 Å². The Morgan fingerprint density at radius 1 is 1.12 bits per heavy atom. The standard InChI is InChI=1S/C13H29BO2/c1-6-7-8-12(14(15)16)10-13(4,5)9-11(2)3/h11-12,15-16H,6-10H2,1-5H3. The molecule has 0 bridgehead atoms. The number of hydrogen-bond acceptors (Lipinski definition) is 2. The monoisotopic (exact) mass is 228 g/mol. The van der Waals surface area contributed by atoms with Crippen LogP contribution in [0.15, 0.2) is 0 Å². The van der Waals surface area contributed by atoms with E-state index in [1.807, 2.05) is 0 Å². The molecule has 0 aliphatic carbocycles. The second-order valence-electron chi connectivity index (χ2n) is 6.28. The molecule has 2 nitrogen and oxygen atoms in total. The van der Waals surface area contributed by atoms with Crippen molar-refractivity contribution in [3.05, 3.63) is 0 Å². The van der Waals surface area contributed by atoms with Gasteiger partial charge in [0.05, 0.1) is 0 Å². The fraction of sp³-hybridized carbons (Fsp3) is 1.00. The summed E-state index contributed by atoms with van der Waals surface area (Å²) in [6, 6.07) is 0. The van der Waals surface area contributed by atoms with Crippen molar-refractivity contribution in [3.63, 3.8) is 0 Å². The minimum Gasteiger partial charge on any atom is -0.427 e. The highest BCUT2D eigenvalue weighted by atomic mass is 16.4. The molecule has 3 heteroatoms. The first-order valence-corrected chi connectivity index (χ1v) is 6.64. The molecule has 0 saturated heterocycles.